The zero-order chi connectivity index (χ0) is 14.0. The van der Waals surface area contributed by atoms with Crippen molar-refractivity contribution in [3.8, 4) is 0 Å². The van der Waals surface area contributed by atoms with Crippen LogP contribution in [0.25, 0.3) is 0 Å². The molecule has 0 unspecified atom stereocenters. The Labute approximate surface area is 107 Å². The number of aromatic nitrogens is 2. The van der Waals surface area contributed by atoms with Crippen molar-refractivity contribution < 1.29 is 18.4 Å². The molecular weight excluding hydrogens is 254 g/mol. The van der Waals surface area contributed by atoms with E-state index in [9.17, 15) is 18.4 Å². The fraction of sp³-hybridized carbons (Fsp3) is 0.154. The van der Waals surface area contributed by atoms with Gasteiger partial charge in [0.1, 0.15) is 17.3 Å². The molecule has 0 aliphatic carbocycles. The molecule has 4 nitrogen and oxygen atoms in total. The van der Waals surface area contributed by atoms with Crippen LogP contribution in [0.2, 0.25) is 0 Å². The largest absolute Gasteiger partial charge is 0.340 e. The van der Waals surface area contributed by atoms with Gasteiger partial charge in [-0.05, 0) is 12.1 Å². The molecule has 2 rings (SSSR count). The molecule has 1 heterocycles. The van der Waals surface area contributed by atoms with Crippen LogP contribution in [0.1, 0.15) is 27.3 Å². The number of nitrogens with zero attached hydrogens (tertiary/aromatic N) is 2. The highest BCUT2D eigenvalue weighted by Crippen LogP contribution is 2.15. The number of benzene rings is 1. The molecule has 0 radical (unpaired) electrons. The third kappa shape index (κ3) is 2.73. The van der Waals surface area contributed by atoms with Gasteiger partial charge in [-0.1, -0.05) is 6.07 Å². The number of aryl methyl sites for hydroxylation is 1. The lowest BCUT2D eigenvalue weighted by molar-refractivity contribution is 0.0887. The predicted molar refractivity (Wildman–Crippen MR) is 62.8 cm³/mol. The van der Waals surface area contributed by atoms with Crippen molar-refractivity contribution in [2.24, 2.45) is 7.05 Å². The summed E-state index contributed by atoms with van der Waals surface area (Å²) in [4.78, 5) is 27.2. The van der Waals surface area contributed by atoms with E-state index >= 15 is 0 Å². The van der Waals surface area contributed by atoms with Gasteiger partial charge in [0.25, 0.3) is 0 Å². The number of imidazole rings is 1. The average molecular weight is 264 g/mol. The van der Waals surface area contributed by atoms with E-state index < -0.39 is 35.2 Å². The third-order valence-electron chi connectivity index (χ3n) is 2.55. The molecule has 0 aliphatic heterocycles. The maximum Gasteiger partial charge on any atom is 0.190 e. The minimum Gasteiger partial charge on any atom is -0.340 e. The molecule has 0 amide bonds. The SMILES string of the molecule is Cn1cnc(C(=O)CC(=O)c2c(F)cccc2F)c1. The summed E-state index contributed by atoms with van der Waals surface area (Å²) >= 11 is 0. The highest BCUT2D eigenvalue weighted by Gasteiger charge is 2.21. The van der Waals surface area contributed by atoms with E-state index in [0.29, 0.717) is 0 Å². The molecule has 0 bridgehead atoms. The van der Waals surface area contributed by atoms with Crippen molar-refractivity contribution in [3.05, 3.63) is 53.6 Å². The summed E-state index contributed by atoms with van der Waals surface area (Å²) < 4.78 is 28.3. The lowest BCUT2D eigenvalue weighted by Crippen LogP contribution is -2.12. The standard InChI is InChI=1S/C13H10F2N2O2/c1-17-6-10(16-7-17)11(18)5-12(19)13-8(14)3-2-4-9(13)15/h2-4,6-7H,5H2,1H3. The summed E-state index contributed by atoms with van der Waals surface area (Å²) in [7, 11) is 1.67. The Morgan fingerprint density at radius 2 is 1.84 bits per heavy atom. The fourth-order valence-corrected chi connectivity index (χ4v) is 1.65. The van der Waals surface area contributed by atoms with Crippen LogP contribution < -0.4 is 0 Å². The first kappa shape index (κ1) is 13.1. The van der Waals surface area contributed by atoms with Crippen molar-refractivity contribution in [2.75, 3.05) is 0 Å². The summed E-state index contributed by atoms with van der Waals surface area (Å²) in [5, 5.41) is 0. The van der Waals surface area contributed by atoms with Crippen molar-refractivity contribution in [1.82, 2.24) is 9.55 Å². The number of Topliss-reactive ketones (excluding diaryl/α,β-unsaturated/α-hetero) is 2. The van der Waals surface area contributed by atoms with E-state index in [-0.39, 0.29) is 5.69 Å². The molecular formula is C13H10F2N2O2. The van der Waals surface area contributed by atoms with Crippen molar-refractivity contribution in [1.29, 1.82) is 0 Å². The Morgan fingerprint density at radius 1 is 1.21 bits per heavy atom. The van der Waals surface area contributed by atoms with Crippen LogP contribution in [0, 0.1) is 11.6 Å². The topological polar surface area (TPSA) is 52.0 Å². The lowest BCUT2D eigenvalue weighted by Gasteiger charge is -2.02. The van der Waals surface area contributed by atoms with Crippen LogP contribution in [0.15, 0.2) is 30.7 Å². The summed E-state index contributed by atoms with van der Waals surface area (Å²) in [5.74, 6) is -3.42. The zero-order valence-electron chi connectivity index (χ0n) is 10.1. The van der Waals surface area contributed by atoms with E-state index in [1.165, 1.54) is 12.5 Å². The number of hydrogen-bond donors (Lipinski definition) is 0. The second kappa shape index (κ2) is 5.09. The Bertz CT molecular complexity index is 630. The highest BCUT2D eigenvalue weighted by atomic mass is 19.1. The van der Waals surface area contributed by atoms with Gasteiger partial charge in [0.05, 0.1) is 18.3 Å². The van der Waals surface area contributed by atoms with Gasteiger partial charge in [0.15, 0.2) is 11.6 Å². The summed E-state index contributed by atoms with van der Waals surface area (Å²) in [6.45, 7) is 0. The minimum absolute atomic E-state index is 0.0904. The number of ketones is 2. The van der Waals surface area contributed by atoms with E-state index in [0.717, 1.165) is 18.2 Å². The Morgan fingerprint density at radius 3 is 2.37 bits per heavy atom. The average Bonchev–Trinajstić information content (AvgIpc) is 2.75. The van der Waals surface area contributed by atoms with Crippen LogP contribution in [-0.2, 0) is 7.05 Å². The molecule has 0 saturated carbocycles. The van der Waals surface area contributed by atoms with E-state index in [1.807, 2.05) is 0 Å². The number of hydrogen-bond acceptors (Lipinski definition) is 3. The molecule has 19 heavy (non-hydrogen) atoms. The van der Waals surface area contributed by atoms with Gasteiger partial charge in [-0.2, -0.15) is 0 Å². The number of halogens is 2. The first-order valence-corrected chi connectivity index (χ1v) is 5.47. The Kier molecular flexibility index (Phi) is 3.50. The molecule has 0 aliphatic rings. The summed E-state index contributed by atoms with van der Waals surface area (Å²) in [6.07, 6.45) is 2.23. The Balaban J connectivity index is 2.20. The molecule has 0 saturated heterocycles. The molecule has 0 N–H and O–H groups in total. The second-order valence-corrected chi connectivity index (χ2v) is 4.04. The van der Waals surface area contributed by atoms with Gasteiger partial charge in [-0.15, -0.1) is 0 Å². The van der Waals surface area contributed by atoms with Gasteiger partial charge < -0.3 is 4.57 Å². The van der Waals surface area contributed by atoms with Gasteiger partial charge in [-0.25, -0.2) is 13.8 Å². The highest BCUT2D eigenvalue weighted by molar-refractivity contribution is 6.12. The molecule has 1 aromatic heterocycles. The van der Waals surface area contributed by atoms with Crippen LogP contribution in [0.5, 0.6) is 0 Å². The number of carbonyl (C=O) groups excluding carboxylic acids is 2. The second-order valence-electron chi connectivity index (χ2n) is 4.04. The minimum atomic E-state index is -0.973. The molecule has 0 atom stereocenters. The van der Waals surface area contributed by atoms with Crippen molar-refractivity contribution >= 4 is 11.6 Å². The molecule has 2 aromatic rings. The van der Waals surface area contributed by atoms with Crippen LogP contribution in [-0.4, -0.2) is 21.1 Å². The smallest absolute Gasteiger partial charge is 0.190 e. The number of rotatable bonds is 4. The van der Waals surface area contributed by atoms with E-state index in [2.05, 4.69) is 4.98 Å². The Hall–Kier alpha value is -2.37. The van der Waals surface area contributed by atoms with Crippen LogP contribution >= 0.6 is 0 Å². The zero-order valence-corrected chi connectivity index (χ0v) is 10.1. The predicted octanol–water partition coefficient (Wildman–Crippen LogP) is 2.15. The monoisotopic (exact) mass is 264 g/mol. The first-order valence-electron chi connectivity index (χ1n) is 5.47. The molecule has 0 fully saturated rings. The molecule has 98 valence electrons. The lowest BCUT2D eigenvalue weighted by atomic mass is 10.0. The molecule has 0 spiro atoms. The van der Waals surface area contributed by atoms with Crippen LogP contribution in [0.4, 0.5) is 8.78 Å². The third-order valence-corrected chi connectivity index (χ3v) is 2.55. The maximum atomic E-state index is 13.4. The van der Waals surface area contributed by atoms with Gasteiger partial charge in [-0.3, -0.25) is 9.59 Å². The summed E-state index contributed by atoms with van der Waals surface area (Å²) in [6, 6.07) is 3.10. The van der Waals surface area contributed by atoms with E-state index in [4.69, 9.17) is 0 Å². The van der Waals surface area contributed by atoms with E-state index in [1.54, 1.807) is 11.6 Å². The van der Waals surface area contributed by atoms with Gasteiger partial charge in [0, 0.05) is 13.2 Å². The van der Waals surface area contributed by atoms with Crippen molar-refractivity contribution in [2.45, 2.75) is 6.42 Å². The molecule has 1 aromatic carbocycles. The van der Waals surface area contributed by atoms with Crippen molar-refractivity contribution in [3.63, 3.8) is 0 Å². The quantitative estimate of drug-likeness (QED) is 0.628. The fourth-order valence-electron chi connectivity index (χ4n) is 1.65. The number of carbonyl (C=O) groups is 2. The normalized spacial score (nSPS) is 10.5. The van der Waals surface area contributed by atoms with Crippen LogP contribution in [0.3, 0.4) is 0 Å². The first-order chi connectivity index (χ1) is 8.99. The van der Waals surface area contributed by atoms with Gasteiger partial charge in [0.2, 0.25) is 0 Å². The summed E-state index contributed by atoms with van der Waals surface area (Å²) in [5.41, 5.74) is -0.598. The van der Waals surface area contributed by atoms with Gasteiger partial charge >= 0.3 is 0 Å². The maximum absolute atomic E-state index is 13.4. The molecule has 6 heteroatoms.